The molecular weight excluding hydrogens is 258 g/mol. The van der Waals surface area contributed by atoms with Crippen LogP contribution in [0.3, 0.4) is 0 Å². The van der Waals surface area contributed by atoms with Gasteiger partial charge in [-0.3, -0.25) is 9.69 Å². The fraction of sp³-hybridized carbons (Fsp3) is 0. The van der Waals surface area contributed by atoms with Gasteiger partial charge in [0.2, 0.25) is 0 Å². The Bertz CT molecular complexity index is 659. The fourth-order valence-electron chi connectivity index (χ4n) is 2.17. The summed E-state index contributed by atoms with van der Waals surface area (Å²) in [5, 5.41) is 0. The maximum Gasteiger partial charge on any atom is 0.255 e. The van der Waals surface area contributed by atoms with E-state index < -0.39 is 10.8 Å². The molecule has 0 fully saturated rings. The summed E-state index contributed by atoms with van der Waals surface area (Å²) in [5.74, 6) is -0.225. The number of rotatable bonds is 1. The average molecular weight is 269 g/mol. The molecule has 0 unspecified atom stereocenters. The minimum absolute atomic E-state index is 0.225. The highest BCUT2D eigenvalue weighted by atomic mass is 32.2. The van der Waals surface area contributed by atoms with Crippen LogP contribution in [0.4, 0.5) is 11.4 Å². The summed E-state index contributed by atoms with van der Waals surface area (Å²) in [7, 11) is -1.26. The van der Waals surface area contributed by atoms with Crippen molar-refractivity contribution >= 4 is 28.1 Å². The lowest BCUT2D eigenvalue weighted by atomic mass is 10.2. The Morgan fingerprint density at radius 1 is 1.00 bits per heavy atom. The van der Waals surface area contributed by atoms with Crippen LogP contribution in [0.5, 0.6) is 0 Å². The number of fused-ring (bicyclic) bond motifs is 2. The number of amides is 1. The molecule has 0 saturated carbocycles. The number of hydrogen-bond acceptors (Lipinski definition) is 2. The third kappa shape index (κ3) is 1.72. The normalized spacial score (nSPS) is 13.6. The zero-order valence-corrected chi connectivity index (χ0v) is 10.9. The maximum atomic E-state index is 12.5. The van der Waals surface area contributed by atoms with Crippen LogP contribution in [0.1, 0.15) is 0 Å². The van der Waals surface area contributed by atoms with E-state index in [1.807, 2.05) is 24.3 Å². The van der Waals surface area contributed by atoms with Crippen LogP contribution in [0.2, 0.25) is 0 Å². The van der Waals surface area contributed by atoms with Gasteiger partial charge < -0.3 is 0 Å². The summed E-state index contributed by atoms with van der Waals surface area (Å²) in [6, 6.07) is 14.5. The van der Waals surface area contributed by atoms with E-state index in [4.69, 9.17) is 0 Å². The van der Waals surface area contributed by atoms with Crippen LogP contribution in [0.15, 0.2) is 71.0 Å². The molecule has 94 valence electrons. The number of anilines is 2. The van der Waals surface area contributed by atoms with Crippen molar-refractivity contribution in [2.75, 3.05) is 4.90 Å². The van der Waals surface area contributed by atoms with Gasteiger partial charge in [0, 0.05) is 0 Å². The van der Waals surface area contributed by atoms with Gasteiger partial charge in [0.05, 0.1) is 32.0 Å². The first-order chi connectivity index (χ1) is 9.24. The molecule has 0 aromatic heterocycles. The molecule has 19 heavy (non-hydrogen) atoms. The molecule has 2 aromatic rings. The highest BCUT2D eigenvalue weighted by Gasteiger charge is 2.30. The van der Waals surface area contributed by atoms with Crippen molar-refractivity contribution in [2.24, 2.45) is 0 Å². The molecule has 3 nitrogen and oxygen atoms in total. The van der Waals surface area contributed by atoms with Crippen LogP contribution >= 0.6 is 0 Å². The molecule has 0 N–H and O–H groups in total. The average Bonchev–Trinajstić information content (AvgIpc) is 2.47. The van der Waals surface area contributed by atoms with Crippen molar-refractivity contribution < 1.29 is 9.00 Å². The third-order valence-corrected chi connectivity index (χ3v) is 4.50. The van der Waals surface area contributed by atoms with Gasteiger partial charge in [-0.25, -0.2) is 4.21 Å². The van der Waals surface area contributed by atoms with Gasteiger partial charge in [0.25, 0.3) is 5.91 Å². The summed E-state index contributed by atoms with van der Waals surface area (Å²) in [6.07, 6.45) is 1.27. The van der Waals surface area contributed by atoms with E-state index in [0.717, 1.165) is 0 Å². The van der Waals surface area contributed by atoms with Crippen LogP contribution in [0.25, 0.3) is 0 Å². The van der Waals surface area contributed by atoms with E-state index in [1.165, 1.54) is 6.08 Å². The standard InChI is InChI=1S/C15H11NO2S/c1-2-15(17)16-11-7-3-5-9-13(11)19(18)14-10-6-4-8-12(14)16/h2-10H,1H2. The number of carbonyl (C=O) groups excluding carboxylic acids is 1. The van der Waals surface area contributed by atoms with Crippen molar-refractivity contribution in [2.45, 2.75) is 9.79 Å². The molecule has 1 heterocycles. The Balaban J connectivity index is 2.32. The first kappa shape index (κ1) is 11.9. The maximum absolute atomic E-state index is 12.5. The van der Waals surface area contributed by atoms with Gasteiger partial charge in [-0.1, -0.05) is 30.8 Å². The molecule has 2 aromatic carbocycles. The number of carbonyl (C=O) groups is 1. The minimum atomic E-state index is -1.26. The van der Waals surface area contributed by atoms with Gasteiger partial charge in [-0.15, -0.1) is 0 Å². The van der Waals surface area contributed by atoms with Crippen molar-refractivity contribution in [1.82, 2.24) is 0 Å². The van der Waals surface area contributed by atoms with Crippen molar-refractivity contribution in [3.8, 4) is 0 Å². The van der Waals surface area contributed by atoms with Crippen molar-refractivity contribution in [1.29, 1.82) is 0 Å². The van der Waals surface area contributed by atoms with Crippen molar-refractivity contribution in [3.05, 3.63) is 61.2 Å². The Labute approximate surface area is 113 Å². The largest absolute Gasteiger partial charge is 0.275 e. The SMILES string of the molecule is C=CC(=O)N1c2ccccc2S(=O)c2ccccc21. The Morgan fingerprint density at radius 3 is 1.95 bits per heavy atom. The van der Waals surface area contributed by atoms with Gasteiger partial charge >= 0.3 is 0 Å². The molecule has 0 spiro atoms. The monoisotopic (exact) mass is 269 g/mol. The lowest BCUT2D eigenvalue weighted by Gasteiger charge is -2.29. The second-order valence-corrected chi connectivity index (χ2v) is 5.50. The zero-order valence-electron chi connectivity index (χ0n) is 10.1. The van der Waals surface area contributed by atoms with Gasteiger partial charge in [-0.05, 0) is 30.3 Å². The van der Waals surface area contributed by atoms with Crippen LogP contribution in [-0.2, 0) is 15.6 Å². The second kappa shape index (κ2) is 4.48. The molecule has 1 amide bonds. The van der Waals surface area contributed by atoms with Gasteiger partial charge in [0.1, 0.15) is 0 Å². The minimum Gasteiger partial charge on any atom is -0.275 e. The molecular formula is C15H11NO2S. The van der Waals surface area contributed by atoms with E-state index in [0.29, 0.717) is 21.2 Å². The predicted octanol–water partition coefficient (Wildman–Crippen LogP) is 3.02. The van der Waals surface area contributed by atoms with Crippen LogP contribution < -0.4 is 4.90 Å². The predicted molar refractivity (Wildman–Crippen MR) is 74.9 cm³/mol. The second-order valence-electron chi connectivity index (χ2n) is 4.08. The molecule has 3 rings (SSSR count). The molecule has 1 aliphatic rings. The Kier molecular flexibility index (Phi) is 2.80. The van der Waals surface area contributed by atoms with E-state index >= 15 is 0 Å². The number of nitrogens with zero attached hydrogens (tertiary/aromatic N) is 1. The summed E-state index contributed by atoms with van der Waals surface area (Å²) in [6.45, 7) is 3.53. The first-order valence-electron chi connectivity index (χ1n) is 5.80. The summed E-state index contributed by atoms with van der Waals surface area (Å²) in [4.78, 5) is 15.0. The van der Waals surface area contributed by atoms with Crippen molar-refractivity contribution in [3.63, 3.8) is 0 Å². The lowest BCUT2D eigenvalue weighted by Crippen LogP contribution is -2.28. The molecule has 1 aliphatic heterocycles. The topological polar surface area (TPSA) is 37.4 Å². The highest BCUT2D eigenvalue weighted by molar-refractivity contribution is 7.85. The zero-order chi connectivity index (χ0) is 13.4. The molecule has 0 saturated heterocycles. The smallest absolute Gasteiger partial charge is 0.255 e. The number of para-hydroxylation sites is 2. The number of hydrogen-bond donors (Lipinski definition) is 0. The fourth-order valence-corrected chi connectivity index (χ4v) is 3.51. The van der Waals surface area contributed by atoms with Gasteiger partial charge in [0.15, 0.2) is 0 Å². The molecule has 0 radical (unpaired) electrons. The summed E-state index contributed by atoms with van der Waals surface area (Å²) >= 11 is 0. The molecule has 0 atom stereocenters. The van der Waals surface area contributed by atoms with Crippen LogP contribution in [0, 0.1) is 0 Å². The molecule has 0 bridgehead atoms. The summed E-state index contributed by atoms with van der Waals surface area (Å²) in [5.41, 5.74) is 1.31. The first-order valence-corrected chi connectivity index (χ1v) is 6.95. The Morgan fingerprint density at radius 2 is 1.47 bits per heavy atom. The lowest BCUT2D eigenvalue weighted by molar-refractivity contribution is -0.113. The van der Waals surface area contributed by atoms with E-state index in [-0.39, 0.29) is 5.91 Å². The van der Waals surface area contributed by atoms with E-state index in [9.17, 15) is 9.00 Å². The van der Waals surface area contributed by atoms with E-state index in [2.05, 4.69) is 6.58 Å². The highest BCUT2D eigenvalue weighted by Crippen LogP contribution is 2.41. The number of benzene rings is 2. The Hall–Kier alpha value is -2.20. The van der Waals surface area contributed by atoms with E-state index in [1.54, 1.807) is 29.2 Å². The molecule has 4 heteroatoms. The quantitative estimate of drug-likeness (QED) is 0.746. The summed E-state index contributed by atoms with van der Waals surface area (Å²) < 4.78 is 12.5. The third-order valence-electron chi connectivity index (χ3n) is 3.01. The molecule has 0 aliphatic carbocycles. The van der Waals surface area contributed by atoms with Crippen LogP contribution in [-0.4, -0.2) is 10.1 Å². The van der Waals surface area contributed by atoms with Gasteiger partial charge in [-0.2, -0.15) is 0 Å².